The Hall–Kier alpha value is -2.32. The molecule has 1 heterocycles. The summed E-state index contributed by atoms with van der Waals surface area (Å²) in [5, 5.41) is 2.90. The predicted molar refractivity (Wildman–Crippen MR) is 108 cm³/mol. The number of carbonyl (C=O) groups is 2. The minimum Gasteiger partial charge on any atom is -0.493 e. The van der Waals surface area contributed by atoms with E-state index in [1.807, 2.05) is 18.2 Å². The van der Waals surface area contributed by atoms with E-state index in [1.165, 1.54) is 0 Å². The zero-order chi connectivity index (χ0) is 21.1. The molecular weight excluding hydrogens is 376 g/mol. The molecule has 1 unspecified atom stereocenters. The summed E-state index contributed by atoms with van der Waals surface area (Å²) < 4.78 is 20.8. The molecule has 1 aliphatic rings. The molecule has 1 aliphatic heterocycles. The van der Waals surface area contributed by atoms with Crippen molar-refractivity contribution in [1.82, 2.24) is 10.2 Å². The lowest BCUT2D eigenvalue weighted by atomic mass is 10.1. The largest absolute Gasteiger partial charge is 0.493 e. The molecule has 0 aromatic heterocycles. The van der Waals surface area contributed by atoms with Gasteiger partial charge >= 0.3 is 0 Å². The van der Waals surface area contributed by atoms with Gasteiger partial charge in [0, 0.05) is 39.8 Å². The highest BCUT2D eigenvalue weighted by atomic mass is 16.5. The standard InChI is InChI=1S/C21H32N2O6/c1-26-11-12-29-10-4-8-22-21(25)17-14-20(24)23(15-17)9-7-16-5-6-18(27-2)19(13-16)28-3/h5-6,13,17H,4,7-12,14-15H2,1-3H3,(H,22,25). The van der Waals surface area contributed by atoms with Crippen LogP contribution >= 0.6 is 0 Å². The Bertz CT molecular complexity index is 667. The summed E-state index contributed by atoms with van der Waals surface area (Å²) in [5.74, 6) is 1.01. The summed E-state index contributed by atoms with van der Waals surface area (Å²) in [6, 6.07) is 5.73. The fraction of sp³-hybridized carbons (Fsp3) is 0.619. The van der Waals surface area contributed by atoms with Gasteiger partial charge in [-0.3, -0.25) is 9.59 Å². The third-order valence-electron chi connectivity index (χ3n) is 4.90. The normalized spacial score (nSPS) is 16.2. The van der Waals surface area contributed by atoms with Crippen LogP contribution in [0.5, 0.6) is 11.5 Å². The van der Waals surface area contributed by atoms with E-state index in [2.05, 4.69) is 5.32 Å². The molecule has 1 N–H and O–H groups in total. The number of rotatable bonds is 13. The van der Waals surface area contributed by atoms with Crippen molar-refractivity contribution in [3.63, 3.8) is 0 Å². The molecule has 8 heteroatoms. The number of hydrogen-bond acceptors (Lipinski definition) is 6. The molecular formula is C21H32N2O6. The number of methoxy groups -OCH3 is 3. The lowest BCUT2D eigenvalue weighted by molar-refractivity contribution is -0.129. The highest BCUT2D eigenvalue weighted by Crippen LogP contribution is 2.28. The number of amides is 2. The first-order valence-corrected chi connectivity index (χ1v) is 9.92. The number of hydrogen-bond donors (Lipinski definition) is 1. The molecule has 0 bridgehead atoms. The van der Waals surface area contributed by atoms with Crippen LogP contribution in [0.3, 0.4) is 0 Å². The van der Waals surface area contributed by atoms with Crippen molar-refractivity contribution in [2.45, 2.75) is 19.3 Å². The quantitative estimate of drug-likeness (QED) is 0.495. The van der Waals surface area contributed by atoms with Crippen molar-refractivity contribution < 1.29 is 28.5 Å². The van der Waals surface area contributed by atoms with Crippen molar-refractivity contribution >= 4 is 11.8 Å². The number of nitrogens with zero attached hydrogens (tertiary/aromatic N) is 1. The van der Waals surface area contributed by atoms with Crippen LogP contribution in [0.25, 0.3) is 0 Å². The third-order valence-corrected chi connectivity index (χ3v) is 4.90. The lowest BCUT2D eigenvalue weighted by Crippen LogP contribution is -2.34. The van der Waals surface area contributed by atoms with Gasteiger partial charge in [0.1, 0.15) is 0 Å². The van der Waals surface area contributed by atoms with Crippen molar-refractivity contribution in [2.24, 2.45) is 5.92 Å². The van der Waals surface area contributed by atoms with Gasteiger partial charge in [-0.1, -0.05) is 6.07 Å². The monoisotopic (exact) mass is 408 g/mol. The smallest absolute Gasteiger partial charge is 0.225 e. The molecule has 1 aromatic carbocycles. The van der Waals surface area contributed by atoms with Crippen molar-refractivity contribution in [1.29, 1.82) is 0 Å². The molecule has 162 valence electrons. The molecule has 0 saturated carbocycles. The Morgan fingerprint density at radius 3 is 2.66 bits per heavy atom. The maximum absolute atomic E-state index is 12.3. The van der Waals surface area contributed by atoms with Crippen LogP contribution in [0, 0.1) is 5.92 Å². The highest BCUT2D eigenvalue weighted by molar-refractivity contribution is 5.89. The average molecular weight is 408 g/mol. The minimum absolute atomic E-state index is 0.0218. The molecule has 0 aliphatic carbocycles. The molecule has 2 rings (SSSR count). The van der Waals surface area contributed by atoms with Crippen LogP contribution in [0.4, 0.5) is 0 Å². The Morgan fingerprint density at radius 1 is 1.14 bits per heavy atom. The van der Waals surface area contributed by atoms with Gasteiger partial charge in [-0.15, -0.1) is 0 Å². The van der Waals surface area contributed by atoms with E-state index >= 15 is 0 Å². The predicted octanol–water partition coefficient (Wildman–Crippen LogP) is 1.26. The molecule has 29 heavy (non-hydrogen) atoms. The van der Waals surface area contributed by atoms with Crippen LogP contribution in [0.1, 0.15) is 18.4 Å². The summed E-state index contributed by atoms with van der Waals surface area (Å²) >= 11 is 0. The second-order valence-electron chi connectivity index (χ2n) is 6.93. The molecule has 0 spiro atoms. The number of benzene rings is 1. The summed E-state index contributed by atoms with van der Waals surface area (Å²) in [6.45, 7) is 3.27. The Kier molecular flexibility index (Phi) is 9.73. The Balaban J connectivity index is 1.72. The maximum atomic E-state index is 12.3. The number of ether oxygens (including phenoxy) is 4. The van der Waals surface area contributed by atoms with Crippen LogP contribution < -0.4 is 14.8 Å². The molecule has 1 atom stereocenters. The first kappa shape index (κ1) is 23.0. The topological polar surface area (TPSA) is 86.3 Å². The summed E-state index contributed by atoms with van der Waals surface area (Å²) in [6.07, 6.45) is 1.69. The van der Waals surface area contributed by atoms with Crippen LogP contribution in [-0.2, 0) is 25.5 Å². The fourth-order valence-corrected chi connectivity index (χ4v) is 3.24. The van der Waals surface area contributed by atoms with Gasteiger partial charge in [0.2, 0.25) is 11.8 Å². The van der Waals surface area contributed by atoms with E-state index in [-0.39, 0.29) is 24.2 Å². The van der Waals surface area contributed by atoms with E-state index in [9.17, 15) is 9.59 Å². The van der Waals surface area contributed by atoms with E-state index in [1.54, 1.807) is 26.2 Å². The van der Waals surface area contributed by atoms with E-state index in [0.717, 1.165) is 12.0 Å². The maximum Gasteiger partial charge on any atom is 0.225 e. The van der Waals surface area contributed by atoms with Gasteiger partial charge in [0.15, 0.2) is 11.5 Å². The van der Waals surface area contributed by atoms with Gasteiger partial charge in [0.25, 0.3) is 0 Å². The molecule has 1 fully saturated rings. The Labute approximate surface area is 172 Å². The van der Waals surface area contributed by atoms with Gasteiger partial charge in [-0.05, 0) is 30.5 Å². The van der Waals surface area contributed by atoms with Gasteiger partial charge in [-0.25, -0.2) is 0 Å². The van der Waals surface area contributed by atoms with Crippen molar-refractivity contribution in [3.05, 3.63) is 23.8 Å². The van der Waals surface area contributed by atoms with Crippen molar-refractivity contribution in [2.75, 3.05) is 60.8 Å². The second-order valence-corrected chi connectivity index (χ2v) is 6.93. The zero-order valence-corrected chi connectivity index (χ0v) is 17.6. The van der Waals surface area contributed by atoms with Crippen LogP contribution in [0.2, 0.25) is 0 Å². The van der Waals surface area contributed by atoms with Gasteiger partial charge in [-0.2, -0.15) is 0 Å². The summed E-state index contributed by atoms with van der Waals surface area (Å²) in [4.78, 5) is 26.4. The molecule has 1 aromatic rings. The molecule has 8 nitrogen and oxygen atoms in total. The Morgan fingerprint density at radius 2 is 1.93 bits per heavy atom. The first-order chi connectivity index (χ1) is 14.1. The highest BCUT2D eigenvalue weighted by Gasteiger charge is 2.33. The zero-order valence-electron chi connectivity index (χ0n) is 17.6. The second kappa shape index (κ2) is 12.3. The minimum atomic E-state index is -0.290. The lowest BCUT2D eigenvalue weighted by Gasteiger charge is -2.17. The van der Waals surface area contributed by atoms with Gasteiger partial charge < -0.3 is 29.2 Å². The molecule has 1 saturated heterocycles. The van der Waals surface area contributed by atoms with E-state index < -0.39 is 0 Å². The third kappa shape index (κ3) is 7.21. The summed E-state index contributed by atoms with van der Waals surface area (Å²) in [7, 11) is 4.82. The van der Waals surface area contributed by atoms with Gasteiger partial charge in [0.05, 0.1) is 33.4 Å². The summed E-state index contributed by atoms with van der Waals surface area (Å²) in [5.41, 5.74) is 1.05. The number of likely N-dealkylation sites (tertiary alicyclic amines) is 1. The number of nitrogens with one attached hydrogen (secondary N) is 1. The average Bonchev–Trinajstić information content (AvgIpc) is 3.11. The van der Waals surface area contributed by atoms with Crippen LogP contribution in [-0.4, -0.2) is 77.5 Å². The van der Waals surface area contributed by atoms with E-state index in [4.69, 9.17) is 18.9 Å². The molecule has 2 amide bonds. The number of carbonyl (C=O) groups excluding carboxylic acids is 2. The molecule has 0 radical (unpaired) electrons. The fourth-order valence-electron chi connectivity index (χ4n) is 3.24. The SMILES string of the molecule is COCCOCCCNC(=O)C1CC(=O)N(CCc2ccc(OC)c(OC)c2)C1. The first-order valence-electron chi connectivity index (χ1n) is 9.92. The van der Waals surface area contributed by atoms with E-state index in [0.29, 0.717) is 57.4 Å². The van der Waals surface area contributed by atoms with Crippen LogP contribution in [0.15, 0.2) is 18.2 Å². The van der Waals surface area contributed by atoms with Crippen molar-refractivity contribution in [3.8, 4) is 11.5 Å².